The molecule has 1 aromatic carbocycles. The summed E-state index contributed by atoms with van der Waals surface area (Å²) in [5, 5.41) is 4.92. The molecule has 1 saturated carbocycles. The zero-order valence-corrected chi connectivity index (χ0v) is 22.4. The SMILES string of the molecule is CCc1cc(N2CCc3c(c(-c4c(OC)ncnc4C4CC4)nn3C)C2)ccc1-c1nc(C(F)(F)F)cn1C. The number of nitrogens with zero attached hydrogens (tertiary/aromatic N) is 7. The Balaban J connectivity index is 1.37. The number of aromatic nitrogens is 6. The van der Waals surface area contributed by atoms with Crippen molar-refractivity contribution >= 4 is 5.69 Å². The summed E-state index contributed by atoms with van der Waals surface area (Å²) in [6.07, 6.45) is 1.78. The van der Waals surface area contributed by atoms with E-state index in [4.69, 9.17) is 9.84 Å². The first-order valence-electron chi connectivity index (χ1n) is 13.1. The van der Waals surface area contributed by atoms with Crippen LogP contribution >= 0.6 is 0 Å². The number of halogens is 3. The van der Waals surface area contributed by atoms with Gasteiger partial charge in [0.15, 0.2) is 5.69 Å². The molecule has 1 aliphatic carbocycles. The Morgan fingerprint density at radius 2 is 1.92 bits per heavy atom. The van der Waals surface area contributed by atoms with Crippen LogP contribution in [0.2, 0.25) is 0 Å². The van der Waals surface area contributed by atoms with Crippen LogP contribution in [0.5, 0.6) is 5.88 Å². The van der Waals surface area contributed by atoms with E-state index in [1.165, 1.54) is 10.3 Å². The molecule has 8 nitrogen and oxygen atoms in total. The molecule has 4 heterocycles. The van der Waals surface area contributed by atoms with Crippen LogP contribution in [-0.4, -0.2) is 43.0 Å². The first-order valence-corrected chi connectivity index (χ1v) is 13.1. The average molecular weight is 538 g/mol. The van der Waals surface area contributed by atoms with Gasteiger partial charge in [-0.05, 0) is 43.0 Å². The normalized spacial score (nSPS) is 15.5. The van der Waals surface area contributed by atoms with Crippen molar-refractivity contribution in [2.45, 2.75) is 51.2 Å². The lowest BCUT2D eigenvalue weighted by molar-refractivity contribution is -0.140. The highest BCUT2D eigenvalue weighted by molar-refractivity contribution is 5.74. The smallest absolute Gasteiger partial charge is 0.434 e. The van der Waals surface area contributed by atoms with E-state index in [0.717, 1.165) is 65.8 Å². The van der Waals surface area contributed by atoms with Gasteiger partial charge in [0.1, 0.15) is 17.8 Å². The minimum Gasteiger partial charge on any atom is -0.480 e. The predicted molar refractivity (Wildman–Crippen MR) is 141 cm³/mol. The highest BCUT2D eigenvalue weighted by atomic mass is 19.4. The zero-order valence-electron chi connectivity index (χ0n) is 22.4. The first-order chi connectivity index (χ1) is 18.7. The van der Waals surface area contributed by atoms with E-state index < -0.39 is 11.9 Å². The van der Waals surface area contributed by atoms with Gasteiger partial charge in [-0.25, -0.2) is 15.0 Å². The molecule has 11 heteroatoms. The number of anilines is 1. The second-order valence-corrected chi connectivity index (χ2v) is 10.2. The molecular formula is C28H30F3N7O. The number of aryl methyl sites for hydroxylation is 3. The summed E-state index contributed by atoms with van der Waals surface area (Å²) in [7, 11) is 5.19. The fourth-order valence-electron chi connectivity index (χ4n) is 5.58. The summed E-state index contributed by atoms with van der Waals surface area (Å²) in [6, 6.07) is 5.93. The van der Waals surface area contributed by atoms with Crippen molar-refractivity contribution in [3.63, 3.8) is 0 Å². The summed E-state index contributed by atoms with van der Waals surface area (Å²) in [5.74, 6) is 1.25. The van der Waals surface area contributed by atoms with Gasteiger partial charge in [0, 0.05) is 68.2 Å². The van der Waals surface area contributed by atoms with Crippen LogP contribution in [0.4, 0.5) is 18.9 Å². The number of ether oxygens (including phenoxy) is 1. The van der Waals surface area contributed by atoms with Crippen molar-refractivity contribution in [2.24, 2.45) is 14.1 Å². The number of hydrogen-bond acceptors (Lipinski definition) is 6. The van der Waals surface area contributed by atoms with Crippen LogP contribution in [0.15, 0.2) is 30.7 Å². The largest absolute Gasteiger partial charge is 0.480 e. The van der Waals surface area contributed by atoms with Crippen LogP contribution < -0.4 is 9.64 Å². The van der Waals surface area contributed by atoms with Crippen molar-refractivity contribution in [2.75, 3.05) is 18.6 Å². The van der Waals surface area contributed by atoms with Crippen molar-refractivity contribution < 1.29 is 17.9 Å². The molecule has 0 N–H and O–H groups in total. The Morgan fingerprint density at radius 1 is 1.13 bits per heavy atom. The molecule has 0 amide bonds. The monoisotopic (exact) mass is 537 g/mol. The van der Waals surface area contributed by atoms with Gasteiger partial charge >= 0.3 is 6.18 Å². The number of alkyl halides is 3. The molecular weight excluding hydrogens is 507 g/mol. The van der Waals surface area contributed by atoms with E-state index in [-0.39, 0.29) is 0 Å². The Morgan fingerprint density at radius 3 is 2.59 bits per heavy atom. The van der Waals surface area contributed by atoms with Crippen LogP contribution in [0.25, 0.3) is 22.6 Å². The minimum absolute atomic E-state index is 0.310. The molecule has 0 bridgehead atoms. The lowest BCUT2D eigenvalue weighted by Gasteiger charge is -2.30. The molecule has 0 spiro atoms. The van der Waals surface area contributed by atoms with E-state index in [1.54, 1.807) is 20.5 Å². The highest BCUT2D eigenvalue weighted by Crippen LogP contribution is 2.47. The molecule has 0 saturated heterocycles. The Bertz CT molecular complexity index is 1550. The van der Waals surface area contributed by atoms with Crippen LogP contribution in [0.1, 0.15) is 53.9 Å². The third-order valence-electron chi connectivity index (χ3n) is 7.72. The van der Waals surface area contributed by atoms with E-state index in [2.05, 4.69) is 25.9 Å². The summed E-state index contributed by atoms with van der Waals surface area (Å²) < 4.78 is 48.9. The number of hydrogen-bond donors (Lipinski definition) is 0. The maximum absolute atomic E-state index is 13.3. The quantitative estimate of drug-likeness (QED) is 0.332. The molecule has 2 aliphatic rings. The predicted octanol–water partition coefficient (Wildman–Crippen LogP) is 5.31. The number of benzene rings is 1. The Labute approximate surface area is 224 Å². The van der Waals surface area contributed by atoms with Crippen LogP contribution in [0.3, 0.4) is 0 Å². The highest BCUT2D eigenvalue weighted by Gasteiger charge is 2.36. The molecule has 204 valence electrons. The van der Waals surface area contributed by atoms with Gasteiger partial charge in [-0.15, -0.1) is 0 Å². The first kappa shape index (κ1) is 25.4. The molecule has 0 radical (unpaired) electrons. The zero-order chi connectivity index (χ0) is 27.5. The molecule has 1 fully saturated rings. The second kappa shape index (κ2) is 9.39. The summed E-state index contributed by atoms with van der Waals surface area (Å²) in [6.45, 7) is 3.45. The van der Waals surface area contributed by atoms with Gasteiger partial charge < -0.3 is 14.2 Å². The lowest BCUT2D eigenvalue weighted by atomic mass is 9.97. The van der Waals surface area contributed by atoms with E-state index >= 15 is 0 Å². The van der Waals surface area contributed by atoms with Crippen molar-refractivity contribution in [3.05, 3.63) is 58.9 Å². The van der Waals surface area contributed by atoms with E-state index in [9.17, 15) is 13.2 Å². The second-order valence-electron chi connectivity index (χ2n) is 10.2. The summed E-state index contributed by atoms with van der Waals surface area (Å²) in [4.78, 5) is 15.2. The van der Waals surface area contributed by atoms with E-state index in [1.807, 2.05) is 30.8 Å². The summed E-state index contributed by atoms with van der Waals surface area (Å²) in [5.41, 5.74) is 6.81. The van der Waals surface area contributed by atoms with E-state index in [0.29, 0.717) is 36.2 Å². The molecule has 1 aliphatic heterocycles. The minimum atomic E-state index is -4.49. The Hall–Kier alpha value is -3.89. The standard InChI is InChI=1S/C28H30F3N7O/c1-5-16-12-18(8-9-19(16)26-34-22(14-36(26)2)28(29,30)31)38-11-10-21-20(13-38)25(35-37(21)3)23-24(17-6-7-17)32-15-33-27(23)39-4/h8-9,12,14-15,17H,5-7,10-11,13H2,1-4H3. The van der Waals surface area contributed by atoms with Gasteiger partial charge in [-0.1, -0.05) is 6.92 Å². The maximum atomic E-state index is 13.3. The fraction of sp³-hybridized carbons (Fsp3) is 0.429. The molecule has 0 unspecified atom stereocenters. The number of imidazole rings is 1. The van der Waals surface area contributed by atoms with Crippen molar-refractivity contribution in [1.29, 1.82) is 0 Å². The van der Waals surface area contributed by atoms with Gasteiger partial charge in [-0.3, -0.25) is 4.68 Å². The number of fused-ring (bicyclic) bond motifs is 1. The molecule has 3 aromatic heterocycles. The van der Waals surface area contributed by atoms with Crippen molar-refractivity contribution in [3.8, 4) is 28.5 Å². The average Bonchev–Trinajstić information content (AvgIpc) is 3.62. The molecule has 0 atom stereocenters. The fourth-order valence-corrected chi connectivity index (χ4v) is 5.58. The number of rotatable bonds is 6. The van der Waals surface area contributed by atoms with Crippen molar-refractivity contribution in [1.82, 2.24) is 29.3 Å². The van der Waals surface area contributed by atoms with Gasteiger partial charge in [0.25, 0.3) is 0 Å². The van der Waals surface area contributed by atoms with Crippen LogP contribution in [0, 0.1) is 0 Å². The molecule has 6 rings (SSSR count). The molecule has 39 heavy (non-hydrogen) atoms. The van der Waals surface area contributed by atoms with Gasteiger partial charge in [0.05, 0.1) is 18.4 Å². The summed E-state index contributed by atoms with van der Waals surface area (Å²) >= 11 is 0. The topological polar surface area (TPSA) is 73.9 Å². The van der Waals surface area contributed by atoms with Crippen LogP contribution in [-0.2, 0) is 39.7 Å². The lowest BCUT2D eigenvalue weighted by Crippen LogP contribution is -2.31. The van der Waals surface area contributed by atoms with Gasteiger partial charge in [0.2, 0.25) is 5.88 Å². The maximum Gasteiger partial charge on any atom is 0.434 e. The molecule has 4 aromatic rings. The third kappa shape index (κ3) is 4.43. The third-order valence-corrected chi connectivity index (χ3v) is 7.72. The number of methoxy groups -OCH3 is 1. The Kier molecular flexibility index (Phi) is 6.11. The van der Waals surface area contributed by atoms with Gasteiger partial charge in [-0.2, -0.15) is 18.3 Å².